The zero-order valence-electron chi connectivity index (χ0n) is 11.9. The number of likely N-dealkylation sites (tertiary alicyclic amines) is 1. The third kappa shape index (κ3) is 3.32. The zero-order valence-corrected chi connectivity index (χ0v) is 11.9. The molecule has 1 heterocycles. The first-order valence-electron chi connectivity index (χ1n) is 7.31. The number of carboxylic acid groups (broad SMARTS) is 1. The van der Waals surface area contributed by atoms with Gasteiger partial charge in [-0.15, -0.1) is 0 Å². The van der Waals surface area contributed by atoms with Crippen LogP contribution in [0.25, 0.3) is 0 Å². The van der Waals surface area contributed by atoms with Crippen LogP contribution in [0.1, 0.15) is 39.0 Å². The van der Waals surface area contributed by atoms with E-state index in [1.807, 2.05) is 0 Å². The number of halogens is 3. The first-order valence-corrected chi connectivity index (χ1v) is 7.31. The number of rotatable bonds is 2. The second-order valence-corrected chi connectivity index (χ2v) is 6.18. The number of hydrogen-bond acceptors (Lipinski definition) is 2. The van der Waals surface area contributed by atoms with Crippen molar-refractivity contribution in [1.82, 2.24) is 4.90 Å². The molecule has 4 unspecified atom stereocenters. The van der Waals surface area contributed by atoms with Crippen LogP contribution in [-0.2, 0) is 9.59 Å². The summed E-state index contributed by atoms with van der Waals surface area (Å²) in [5.41, 5.74) is 0. The molecule has 4 atom stereocenters. The summed E-state index contributed by atoms with van der Waals surface area (Å²) < 4.78 is 38.4. The van der Waals surface area contributed by atoms with Gasteiger partial charge in [-0.1, -0.05) is 13.3 Å². The first-order chi connectivity index (χ1) is 9.71. The SMILES string of the molecule is CC1CCN(C(=O)C2CCCC(C(F)(F)F)C2)C1C(=O)O. The van der Waals surface area contributed by atoms with Gasteiger partial charge in [-0.2, -0.15) is 13.2 Å². The van der Waals surface area contributed by atoms with E-state index in [1.165, 1.54) is 4.90 Å². The molecule has 0 aromatic carbocycles. The van der Waals surface area contributed by atoms with Crippen LogP contribution in [-0.4, -0.2) is 40.6 Å². The van der Waals surface area contributed by atoms with Crippen LogP contribution >= 0.6 is 0 Å². The molecule has 2 fully saturated rings. The van der Waals surface area contributed by atoms with Crippen LogP contribution in [0, 0.1) is 17.8 Å². The summed E-state index contributed by atoms with van der Waals surface area (Å²) in [5.74, 6) is -3.79. The van der Waals surface area contributed by atoms with Gasteiger partial charge >= 0.3 is 12.1 Å². The van der Waals surface area contributed by atoms with E-state index in [-0.39, 0.29) is 18.8 Å². The lowest BCUT2D eigenvalue weighted by molar-refractivity contribution is -0.187. The van der Waals surface area contributed by atoms with Gasteiger partial charge in [0.2, 0.25) is 5.91 Å². The molecule has 21 heavy (non-hydrogen) atoms. The number of carboxylic acids is 1. The molecule has 1 amide bonds. The van der Waals surface area contributed by atoms with Gasteiger partial charge in [0.05, 0.1) is 5.92 Å². The lowest BCUT2D eigenvalue weighted by Crippen LogP contribution is -2.46. The summed E-state index contributed by atoms with van der Waals surface area (Å²) in [7, 11) is 0. The van der Waals surface area contributed by atoms with Gasteiger partial charge in [0.25, 0.3) is 0 Å². The van der Waals surface area contributed by atoms with E-state index in [0.29, 0.717) is 25.8 Å². The van der Waals surface area contributed by atoms with Crippen molar-refractivity contribution in [3.63, 3.8) is 0 Å². The van der Waals surface area contributed by atoms with Crippen LogP contribution in [0.5, 0.6) is 0 Å². The van der Waals surface area contributed by atoms with Gasteiger partial charge in [0.15, 0.2) is 0 Å². The Bertz CT molecular complexity index is 424. The molecule has 1 aliphatic heterocycles. The smallest absolute Gasteiger partial charge is 0.391 e. The molecule has 0 aromatic heterocycles. The predicted octanol–water partition coefficient (Wildman–Crippen LogP) is 2.68. The fraction of sp³-hybridized carbons (Fsp3) is 0.857. The van der Waals surface area contributed by atoms with Gasteiger partial charge in [0, 0.05) is 12.5 Å². The summed E-state index contributed by atoms with van der Waals surface area (Å²) >= 11 is 0. The molecular formula is C14H20F3NO3. The van der Waals surface area contributed by atoms with Gasteiger partial charge in [0.1, 0.15) is 6.04 Å². The van der Waals surface area contributed by atoms with E-state index in [0.717, 1.165) is 0 Å². The Morgan fingerprint density at radius 1 is 1.19 bits per heavy atom. The molecule has 0 bridgehead atoms. The minimum Gasteiger partial charge on any atom is -0.480 e. The normalized spacial score (nSPS) is 34.0. The quantitative estimate of drug-likeness (QED) is 0.853. The highest BCUT2D eigenvalue weighted by molar-refractivity contribution is 5.86. The first kappa shape index (κ1) is 16.1. The molecule has 1 saturated carbocycles. The highest BCUT2D eigenvalue weighted by atomic mass is 19.4. The average molecular weight is 307 g/mol. The number of amides is 1. The predicted molar refractivity (Wildman–Crippen MR) is 68.4 cm³/mol. The zero-order chi connectivity index (χ0) is 15.8. The molecule has 1 N–H and O–H groups in total. The maximum absolute atomic E-state index is 12.8. The second kappa shape index (κ2) is 5.85. The molecule has 120 valence electrons. The maximum Gasteiger partial charge on any atom is 0.391 e. The van der Waals surface area contributed by atoms with Gasteiger partial charge in [-0.3, -0.25) is 4.79 Å². The highest BCUT2D eigenvalue weighted by Gasteiger charge is 2.47. The van der Waals surface area contributed by atoms with Crippen LogP contribution in [0.4, 0.5) is 13.2 Å². The number of alkyl halides is 3. The van der Waals surface area contributed by atoms with Crippen molar-refractivity contribution in [1.29, 1.82) is 0 Å². The summed E-state index contributed by atoms with van der Waals surface area (Å²) in [4.78, 5) is 25.0. The lowest BCUT2D eigenvalue weighted by atomic mass is 9.80. The van der Waals surface area contributed by atoms with Crippen molar-refractivity contribution in [3.8, 4) is 0 Å². The molecule has 0 radical (unpaired) electrons. The van der Waals surface area contributed by atoms with Crippen molar-refractivity contribution in [2.75, 3.05) is 6.54 Å². The molecule has 2 rings (SSSR count). The maximum atomic E-state index is 12.8. The van der Waals surface area contributed by atoms with Crippen LogP contribution in [0.2, 0.25) is 0 Å². The molecule has 0 spiro atoms. The van der Waals surface area contributed by atoms with Crippen molar-refractivity contribution >= 4 is 11.9 Å². The molecule has 1 saturated heterocycles. The Kier molecular flexibility index (Phi) is 4.49. The van der Waals surface area contributed by atoms with Crippen LogP contribution in [0.15, 0.2) is 0 Å². The third-order valence-corrected chi connectivity index (χ3v) is 4.72. The number of nitrogens with zero attached hydrogens (tertiary/aromatic N) is 1. The lowest BCUT2D eigenvalue weighted by Gasteiger charge is -2.33. The largest absolute Gasteiger partial charge is 0.480 e. The van der Waals surface area contributed by atoms with Crippen LogP contribution in [0.3, 0.4) is 0 Å². The highest BCUT2D eigenvalue weighted by Crippen LogP contribution is 2.41. The molecule has 1 aliphatic carbocycles. The van der Waals surface area contributed by atoms with Gasteiger partial charge < -0.3 is 10.0 Å². The Morgan fingerprint density at radius 3 is 2.43 bits per heavy atom. The van der Waals surface area contributed by atoms with E-state index in [9.17, 15) is 27.9 Å². The summed E-state index contributed by atoms with van der Waals surface area (Å²) in [6.45, 7) is 2.08. The molecular weight excluding hydrogens is 287 g/mol. The summed E-state index contributed by atoms with van der Waals surface area (Å²) in [6, 6.07) is -0.899. The van der Waals surface area contributed by atoms with Gasteiger partial charge in [-0.05, 0) is 31.6 Å². The van der Waals surface area contributed by atoms with E-state index < -0.39 is 35.9 Å². The number of hydrogen-bond donors (Lipinski definition) is 1. The van der Waals surface area contributed by atoms with E-state index in [4.69, 9.17) is 0 Å². The van der Waals surface area contributed by atoms with Crippen molar-refractivity contribution in [2.45, 2.75) is 51.2 Å². The van der Waals surface area contributed by atoms with E-state index in [1.54, 1.807) is 6.92 Å². The fourth-order valence-electron chi connectivity index (χ4n) is 3.52. The summed E-state index contributed by atoms with van der Waals surface area (Å²) in [5, 5.41) is 9.21. The van der Waals surface area contributed by atoms with Crippen molar-refractivity contribution in [2.24, 2.45) is 17.8 Å². The fourth-order valence-corrected chi connectivity index (χ4v) is 3.52. The Labute approximate surface area is 121 Å². The van der Waals surface area contributed by atoms with Crippen molar-refractivity contribution < 1.29 is 27.9 Å². The average Bonchev–Trinajstić information content (AvgIpc) is 2.79. The molecule has 7 heteroatoms. The standard InChI is InChI=1S/C14H20F3NO3/c1-8-5-6-18(11(8)13(20)21)12(19)9-3-2-4-10(7-9)14(15,16)17/h8-11H,2-7H2,1H3,(H,20,21). The molecule has 2 aliphatic rings. The minimum absolute atomic E-state index is 0.0615. The minimum atomic E-state index is -4.27. The number of carbonyl (C=O) groups excluding carboxylic acids is 1. The number of aliphatic carboxylic acids is 1. The second-order valence-electron chi connectivity index (χ2n) is 6.18. The monoisotopic (exact) mass is 307 g/mol. The Hall–Kier alpha value is -1.27. The van der Waals surface area contributed by atoms with E-state index in [2.05, 4.69) is 0 Å². The summed E-state index contributed by atoms with van der Waals surface area (Å²) in [6.07, 6.45) is -3.06. The van der Waals surface area contributed by atoms with Crippen LogP contribution < -0.4 is 0 Å². The van der Waals surface area contributed by atoms with Gasteiger partial charge in [-0.25, -0.2) is 4.79 Å². The van der Waals surface area contributed by atoms with E-state index >= 15 is 0 Å². The van der Waals surface area contributed by atoms with Crippen molar-refractivity contribution in [3.05, 3.63) is 0 Å². The molecule has 0 aromatic rings. The third-order valence-electron chi connectivity index (χ3n) is 4.72. The Balaban J connectivity index is 2.07. The Morgan fingerprint density at radius 2 is 1.86 bits per heavy atom. The topological polar surface area (TPSA) is 57.6 Å². The molecule has 4 nitrogen and oxygen atoms in total. The number of carbonyl (C=O) groups is 2.